The molecule has 3 rings (SSSR count). The number of unbranched alkanes of at least 4 members (excludes halogenated alkanes) is 1. The third-order valence-corrected chi connectivity index (χ3v) is 6.44. The lowest BCUT2D eigenvalue weighted by Crippen LogP contribution is -2.61. The summed E-state index contributed by atoms with van der Waals surface area (Å²) in [5, 5.41) is 3.62. The number of aromatic nitrogens is 1. The number of hydrogen-bond acceptors (Lipinski definition) is 2. The number of pyridine rings is 1. The van der Waals surface area contributed by atoms with Crippen LogP contribution in [0.25, 0.3) is 10.9 Å². The summed E-state index contributed by atoms with van der Waals surface area (Å²) in [5.74, 6) is -0.444. The summed E-state index contributed by atoms with van der Waals surface area (Å²) in [6, 6.07) is 13.3. The zero-order valence-electron chi connectivity index (χ0n) is 19.7. The van der Waals surface area contributed by atoms with E-state index in [1.54, 1.807) is 38.2 Å². The van der Waals surface area contributed by atoms with Gasteiger partial charge in [-0.25, -0.2) is 4.39 Å². The van der Waals surface area contributed by atoms with Crippen molar-refractivity contribution in [2.24, 2.45) is 0 Å². The molecule has 1 atom stereocenters. The topological polar surface area (TPSA) is 24.9 Å². The second kappa shape index (κ2) is 9.80. The van der Waals surface area contributed by atoms with Gasteiger partial charge in [0.2, 0.25) is 0 Å². The van der Waals surface area contributed by atoms with Crippen LogP contribution in [0.5, 0.6) is 0 Å². The first-order chi connectivity index (χ1) is 15.5. The molecule has 6 heteroatoms. The Hall–Kier alpha value is -2.47. The van der Waals surface area contributed by atoms with Crippen LogP contribution < -0.4 is 5.32 Å². The van der Waals surface area contributed by atoms with E-state index in [0.29, 0.717) is 28.5 Å². The Bertz CT molecular complexity index is 1090. The highest BCUT2D eigenvalue weighted by Crippen LogP contribution is 2.44. The van der Waals surface area contributed by atoms with Gasteiger partial charge in [0, 0.05) is 18.0 Å². The van der Waals surface area contributed by atoms with Crippen molar-refractivity contribution in [3.05, 3.63) is 77.2 Å². The van der Waals surface area contributed by atoms with Crippen LogP contribution in [0.1, 0.15) is 56.7 Å². The zero-order chi connectivity index (χ0) is 24.3. The highest BCUT2D eigenvalue weighted by atomic mass is 19.4. The van der Waals surface area contributed by atoms with Gasteiger partial charge in [0.25, 0.3) is 0 Å². The minimum atomic E-state index is -4.52. The number of fused-ring (bicyclic) bond motifs is 1. The lowest BCUT2D eigenvalue weighted by molar-refractivity contribution is -0.202. The van der Waals surface area contributed by atoms with E-state index in [1.807, 2.05) is 32.0 Å². The number of hydrogen-bond donors (Lipinski definition) is 1. The summed E-state index contributed by atoms with van der Waals surface area (Å²) in [6.07, 6.45) is -2.01. The van der Waals surface area contributed by atoms with E-state index in [4.69, 9.17) is 0 Å². The monoisotopic (exact) mass is 460 g/mol. The molecule has 0 aliphatic heterocycles. The van der Waals surface area contributed by atoms with Crippen molar-refractivity contribution in [3.8, 4) is 0 Å². The van der Waals surface area contributed by atoms with E-state index < -0.39 is 22.9 Å². The van der Waals surface area contributed by atoms with Gasteiger partial charge < -0.3 is 5.32 Å². The Labute approximate surface area is 193 Å². The van der Waals surface area contributed by atoms with Gasteiger partial charge in [-0.3, -0.25) is 4.98 Å². The average molecular weight is 461 g/mol. The summed E-state index contributed by atoms with van der Waals surface area (Å²) in [5.41, 5.74) is -0.486. The Morgan fingerprint density at radius 3 is 2.42 bits per heavy atom. The highest BCUT2D eigenvalue weighted by Gasteiger charge is 2.56. The van der Waals surface area contributed by atoms with Gasteiger partial charge in [-0.05, 0) is 72.7 Å². The fourth-order valence-corrected chi connectivity index (χ4v) is 4.80. The largest absolute Gasteiger partial charge is 0.406 e. The number of rotatable bonds is 9. The van der Waals surface area contributed by atoms with Gasteiger partial charge in [0.05, 0.1) is 5.52 Å². The molecule has 0 aliphatic carbocycles. The molecule has 3 aromatic rings. The van der Waals surface area contributed by atoms with Crippen molar-refractivity contribution < 1.29 is 17.6 Å². The molecule has 0 fully saturated rings. The first-order valence-corrected chi connectivity index (χ1v) is 11.4. The first-order valence-electron chi connectivity index (χ1n) is 11.4. The van der Waals surface area contributed by atoms with Crippen LogP contribution in [0.15, 0.2) is 54.7 Å². The fourth-order valence-electron chi connectivity index (χ4n) is 4.80. The molecule has 1 aromatic heterocycles. The van der Waals surface area contributed by atoms with E-state index in [2.05, 4.69) is 10.3 Å². The molecule has 0 bridgehead atoms. The van der Waals surface area contributed by atoms with E-state index in [1.165, 1.54) is 12.1 Å². The average Bonchev–Trinajstić information content (AvgIpc) is 2.74. The van der Waals surface area contributed by atoms with E-state index in [9.17, 15) is 17.6 Å². The third-order valence-electron chi connectivity index (χ3n) is 6.44. The molecule has 0 amide bonds. The number of nitrogens with one attached hydrogen (secondary N) is 1. The number of nitrogens with zero attached hydrogens (tertiary/aromatic N) is 1. The lowest BCUT2D eigenvalue weighted by Gasteiger charge is -2.43. The van der Waals surface area contributed by atoms with Crippen LogP contribution in [-0.4, -0.2) is 23.2 Å². The molecule has 178 valence electrons. The first kappa shape index (κ1) is 25.2. The van der Waals surface area contributed by atoms with Crippen molar-refractivity contribution in [1.82, 2.24) is 10.3 Å². The van der Waals surface area contributed by atoms with Crippen LogP contribution in [0.2, 0.25) is 0 Å². The molecule has 1 heterocycles. The number of para-hydroxylation sites is 1. The van der Waals surface area contributed by atoms with Crippen molar-refractivity contribution >= 4 is 10.9 Å². The Kier molecular flexibility index (Phi) is 7.47. The van der Waals surface area contributed by atoms with Crippen molar-refractivity contribution in [2.45, 2.75) is 70.5 Å². The Balaban J connectivity index is 2.12. The second-order valence-corrected chi connectivity index (χ2v) is 9.54. The normalized spacial score (nSPS) is 14.4. The van der Waals surface area contributed by atoms with Gasteiger partial charge in [0.15, 0.2) is 0 Å². The highest BCUT2D eigenvalue weighted by molar-refractivity contribution is 5.82. The summed E-state index contributed by atoms with van der Waals surface area (Å²) in [7, 11) is 0. The van der Waals surface area contributed by atoms with Gasteiger partial charge >= 0.3 is 6.18 Å². The number of alkyl halides is 3. The van der Waals surface area contributed by atoms with Crippen molar-refractivity contribution in [1.29, 1.82) is 0 Å². The summed E-state index contributed by atoms with van der Waals surface area (Å²) < 4.78 is 59.0. The quantitative estimate of drug-likeness (QED) is 0.268. The minimum Gasteiger partial charge on any atom is -0.303 e. The van der Waals surface area contributed by atoms with E-state index in [0.717, 1.165) is 12.0 Å². The maximum atomic E-state index is 15.0. The number of halogens is 4. The Morgan fingerprint density at radius 1 is 1.00 bits per heavy atom. The molecule has 33 heavy (non-hydrogen) atoms. The van der Waals surface area contributed by atoms with E-state index >= 15 is 0 Å². The molecular weight excluding hydrogens is 428 g/mol. The van der Waals surface area contributed by atoms with Crippen molar-refractivity contribution in [2.75, 3.05) is 6.54 Å². The standard InChI is InChI=1S/C27H32F4N2/c1-5-6-14-33-26(27(29,30)31,17-20-13-15-32-24-10-8-7-9-22(20)24)18-25(3,4)23-16-21(28)12-11-19(23)2/h7-13,15-16,33H,5-6,14,17-18H2,1-4H3. The predicted molar refractivity (Wildman–Crippen MR) is 126 cm³/mol. The molecule has 0 spiro atoms. The minimum absolute atomic E-state index is 0.228. The van der Waals surface area contributed by atoms with Crippen LogP contribution in [-0.2, 0) is 11.8 Å². The zero-order valence-corrected chi connectivity index (χ0v) is 19.7. The fraction of sp³-hybridized carbons (Fsp3) is 0.444. The molecule has 2 aromatic carbocycles. The summed E-state index contributed by atoms with van der Waals surface area (Å²) in [4.78, 5) is 4.31. The summed E-state index contributed by atoms with van der Waals surface area (Å²) in [6.45, 7) is 7.54. The van der Waals surface area contributed by atoms with Gasteiger partial charge in [-0.2, -0.15) is 13.2 Å². The molecule has 1 N–H and O–H groups in total. The van der Waals surface area contributed by atoms with Crippen LogP contribution in [0.4, 0.5) is 17.6 Å². The Morgan fingerprint density at radius 2 is 1.73 bits per heavy atom. The number of benzene rings is 2. The summed E-state index contributed by atoms with van der Waals surface area (Å²) >= 11 is 0. The molecule has 0 aliphatic rings. The van der Waals surface area contributed by atoms with Crippen molar-refractivity contribution in [3.63, 3.8) is 0 Å². The molecule has 1 unspecified atom stereocenters. The third kappa shape index (κ3) is 5.55. The SMILES string of the molecule is CCCCNC(Cc1ccnc2ccccc12)(CC(C)(C)c1cc(F)ccc1C)C(F)(F)F. The van der Waals surface area contributed by atoms with E-state index in [-0.39, 0.29) is 19.4 Å². The maximum absolute atomic E-state index is 15.0. The maximum Gasteiger partial charge on any atom is 0.406 e. The predicted octanol–water partition coefficient (Wildman–Crippen LogP) is 7.28. The molecule has 0 saturated carbocycles. The van der Waals surface area contributed by atoms with Crippen LogP contribution in [0, 0.1) is 12.7 Å². The number of aryl methyl sites for hydroxylation is 1. The van der Waals surface area contributed by atoms with Crippen LogP contribution in [0.3, 0.4) is 0 Å². The molecule has 2 nitrogen and oxygen atoms in total. The lowest BCUT2D eigenvalue weighted by atomic mass is 9.70. The van der Waals surface area contributed by atoms with Gasteiger partial charge in [-0.15, -0.1) is 0 Å². The molecular formula is C27H32F4N2. The molecule has 0 saturated heterocycles. The molecule has 0 radical (unpaired) electrons. The van der Waals surface area contributed by atoms with Crippen LogP contribution >= 0.6 is 0 Å². The van der Waals surface area contributed by atoms with Gasteiger partial charge in [-0.1, -0.05) is 51.5 Å². The van der Waals surface area contributed by atoms with Gasteiger partial charge in [0.1, 0.15) is 11.4 Å². The second-order valence-electron chi connectivity index (χ2n) is 9.54. The smallest absolute Gasteiger partial charge is 0.303 e.